The second-order valence-corrected chi connectivity index (χ2v) is 21.4. The normalized spacial score (nSPS) is 12.7. The number of amides is 1. The van der Waals surface area contributed by atoms with Crippen molar-refractivity contribution < 1.29 is 24.5 Å². The SMILES string of the molecule is CCCCCCCCCCCCCCCCCC/C=C/C(O)C(CO)NC(=O)CCCCCCCCC/C=C\CCCCCCCCCCCOC(=O)CCCCCCCCCCCCCCCC. The molecule has 6 heteroatoms. The first-order chi connectivity index (χ1) is 34.0. The monoisotopic (exact) mass is 972 g/mol. The number of allylic oxidation sites excluding steroid dienone is 3. The van der Waals surface area contributed by atoms with Gasteiger partial charge in [-0.3, -0.25) is 9.59 Å². The Morgan fingerprint density at radius 1 is 0.391 bits per heavy atom. The molecule has 3 N–H and O–H groups in total. The zero-order valence-corrected chi connectivity index (χ0v) is 46.6. The summed E-state index contributed by atoms with van der Waals surface area (Å²) in [6.07, 6.45) is 72.1. The summed E-state index contributed by atoms with van der Waals surface area (Å²) in [5.74, 6) is -0.0659. The van der Waals surface area contributed by atoms with E-state index in [0.29, 0.717) is 19.4 Å². The molecule has 6 nitrogen and oxygen atoms in total. The Kier molecular flexibility index (Phi) is 57.5. The smallest absolute Gasteiger partial charge is 0.305 e. The third-order valence-corrected chi connectivity index (χ3v) is 14.5. The highest BCUT2D eigenvalue weighted by atomic mass is 16.5. The largest absolute Gasteiger partial charge is 0.466 e. The van der Waals surface area contributed by atoms with E-state index in [2.05, 4.69) is 31.3 Å². The van der Waals surface area contributed by atoms with Crippen LogP contribution >= 0.6 is 0 Å². The van der Waals surface area contributed by atoms with Gasteiger partial charge in [0.05, 0.1) is 25.4 Å². The van der Waals surface area contributed by atoms with Gasteiger partial charge in [-0.2, -0.15) is 0 Å². The average Bonchev–Trinajstić information content (AvgIpc) is 3.35. The van der Waals surface area contributed by atoms with Crippen LogP contribution < -0.4 is 5.32 Å². The van der Waals surface area contributed by atoms with Crippen molar-refractivity contribution in [3.05, 3.63) is 24.3 Å². The van der Waals surface area contributed by atoms with Gasteiger partial charge in [0.15, 0.2) is 0 Å². The summed E-state index contributed by atoms with van der Waals surface area (Å²) in [4.78, 5) is 24.5. The third kappa shape index (κ3) is 55.5. The molecule has 0 fully saturated rings. The molecule has 0 spiro atoms. The maximum atomic E-state index is 12.5. The molecule has 1 amide bonds. The molecule has 0 bridgehead atoms. The Labute approximate surface area is 431 Å². The Balaban J connectivity index is 3.45. The number of nitrogens with one attached hydrogen (secondary N) is 1. The number of carbonyl (C=O) groups excluding carboxylic acids is 2. The Hall–Kier alpha value is -1.66. The highest BCUT2D eigenvalue weighted by molar-refractivity contribution is 5.76. The van der Waals surface area contributed by atoms with Crippen LogP contribution in [0.5, 0.6) is 0 Å². The van der Waals surface area contributed by atoms with Gasteiger partial charge in [-0.25, -0.2) is 0 Å². The van der Waals surface area contributed by atoms with Gasteiger partial charge in [-0.15, -0.1) is 0 Å². The lowest BCUT2D eigenvalue weighted by molar-refractivity contribution is -0.143. The number of hydrogen-bond acceptors (Lipinski definition) is 5. The second-order valence-electron chi connectivity index (χ2n) is 21.4. The Morgan fingerprint density at radius 3 is 1.03 bits per heavy atom. The zero-order chi connectivity index (χ0) is 50.0. The summed E-state index contributed by atoms with van der Waals surface area (Å²) in [6, 6.07) is -0.634. The van der Waals surface area contributed by atoms with Crippen LogP contribution in [0.15, 0.2) is 24.3 Å². The topological polar surface area (TPSA) is 95.9 Å². The first kappa shape index (κ1) is 67.3. The van der Waals surface area contributed by atoms with E-state index in [1.54, 1.807) is 6.08 Å². The number of carbonyl (C=O) groups is 2. The molecule has 2 unspecified atom stereocenters. The molecule has 0 rings (SSSR count). The third-order valence-electron chi connectivity index (χ3n) is 14.5. The molecule has 0 aliphatic heterocycles. The van der Waals surface area contributed by atoms with E-state index < -0.39 is 12.1 Å². The predicted octanol–water partition coefficient (Wildman–Crippen LogP) is 19.4. The fourth-order valence-corrected chi connectivity index (χ4v) is 9.69. The van der Waals surface area contributed by atoms with Crippen molar-refractivity contribution in [1.29, 1.82) is 0 Å². The molecule has 2 atom stereocenters. The minimum Gasteiger partial charge on any atom is -0.466 e. The quantitative estimate of drug-likeness (QED) is 0.0321. The highest BCUT2D eigenvalue weighted by Crippen LogP contribution is 2.17. The van der Waals surface area contributed by atoms with E-state index in [1.165, 1.54) is 270 Å². The average molecular weight is 973 g/mol. The summed E-state index contributed by atoms with van der Waals surface area (Å²) >= 11 is 0. The molecule has 0 aromatic carbocycles. The summed E-state index contributed by atoms with van der Waals surface area (Å²) < 4.78 is 5.48. The minimum atomic E-state index is -0.850. The summed E-state index contributed by atoms with van der Waals surface area (Å²) in [5.41, 5.74) is 0. The number of rotatable bonds is 58. The van der Waals surface area contributed by atoms with Gasteiger partial charge in [-0.1, -0.05) is 295 Å². The molecule has 69 heavy (non-hydrogen) atoms. The molecule has 408 valence electrons. The van der Waals surface area contributed by atoms with Crippen molar-refractivity contribution in [2.45, 2.75) is 353 Å². The van der Waals surface area contributed by atoms with Crippen LogP contribution in [0.25, 0.3) is 0 Å². The van der Waals surface area contributed by atoms with Crippen molar-refractivity contribution in [3.8, 4) is 0 Å². The molecule has 0 aliphatic carbocycles. The fourth-order valence-electron chi connectivity index (χ4n) is 9.69. The van der Waals surface area contributed by atoms with E-state index in [9.17, 15) is 19.8 Å². The fraction of sp³-hybridized carbons (Fsp3) is 0.905. The lowest BCUT2D eigenvalue weighted by Gasteiger charge is -2.20. The van der Waals surface area contributed by atoms with Crippen LogP contribution in [0.4, 0.5) is 0 Å². The van der Waals surface area contributed by atoms with Gasteiger partial charge >= 0.3 is 5.97 Å². The van der Waals surface area contributed by atoms with E-state index in [0.717, 1.165) is 44.9 Å². The van der Waals surface area contributed by atoms with Gasteiger partial charge in [0.1, 0.15) is 0 Å². The van der Waals surface area contributed by atoms with Crippen LogP contribution in [0.1, 0.15) is 341 Å². The van der Waals surface area contributed by atoms with Crippen LogP contribution in [0.2, 0.25) is 0 Å². The number of hydrogen-bond donors (Lipinski definition) is 3. The molecular weight excluding hydrogens is 851 g/mol. The van der Waals surface area contributed by atoms with E-state index in [1.807, 2.05) is 6.08 Å². The molecular formula is C63H121NO5. The van der Waals surface area contributed by atoms with Crippen molar-refractivity contribution >= 4 is 11.9 Å². The number of esters is 1. The number of ether oxygens (including phenoxy) is 1. The van der Waals surface area contributed by atoms with E-state index in [4.69, 9.17) is 4.74 Å². The lowest BCUT2D eigenvalue weighted by Crippen LogP contribution is -2.45. The van der Waals surface area contributed by atoms with Gasteiger partial charge in [0.2, 0.25) is 5.91 Å². The Morgan fingerprint density at radius 2 is 0.681 bits per heavy atom. The molecule has 0 aliphatic rings. The molecule has 0 saturated carbocycles. The lowest BCUT2D eigenvalue weighted by atomic mass is 10.0. The van der Waals surface area contributed by atoms with Crippen LogP contribution in [0, 0.1) is 0 Å². The first-order valence-corrected chi connectivity index (χ1v) is 31.1. The number of aliphatic hydroxyl groups is 2. The Bertz CT molecular complexity index is 1080. The first-order valence-electron chi connectivity index (χ1n) is 31.1. The summed E-state index contributed by atoms with van der Waals surface area (Å²) in [7, 11) is 0. The van der Waals surface area contributed by atoms with Crippen molar-refractivity contribution in [2.75, 3.05) is 13.2 Å². The van der Waals surface area contributed by atoms with Crippen molar-refractivity contribution in [3.63, 3.8) is 0 Å². The van der Waals surface area contributed by atoms with Gasteiger partial charge in [-0.05, 0) is 57.8 Å². The van der Waals surface area contributed by atoms with Crippen molar-refractivity contribution in [2.24, 2.45) is 0 Å². The highest BCUT2D eigenvalue weighted by Gasteiger charge is 2.18. The van der Waals surface area contributed by atoms with Crippen LogP contribution in [-0.2, 0) is 14.3 Å². The molecule has 0 aromatic heterocycles. The van der Waals surface area contributed by atoms with Gasteiger partial charge < -0.3 is 20.3 Å². The minimum absolute atomic E-state index is 0.00820. The molecule has 0 aromatic rings. The maximum absolute atomic E-state index is 12.5. The van der Waals surface area contributed by atoms with Crippen molar-refractivity contribution in [1.82, 2.24) is 5.32 Å². The van der Waals surface area contributed by atoms with Gasteiger partial charge in [0.25, 0.3) is 0 Å². The second kappa shape index (κ2) is 58.9. The maximum Gasteiger partial charge on any atom is 0.305 e. The predicted molar refractivity (Wildman–Crippen MR) is 301 cm³/mol. The molecule has 0 radical (unpaired) electrons. The van der Waals surface area contributed by atoms with Crippen LogP contribution in [-0.4, -0.2) is 47.4 Å². The van der Waals surface area contributed by atoms with Crippen LogP contribution in [0.3, 0.4) is 0 Å². The van der Waals surface area contributed by atoms with Gasteiger partial charge in [0, 0.05) is 12.8 Å². The number of aliphatic hydroxyl groups excluding tert-OH is 2. The van der Waals surface area contributed by atoms with E-state index >= 15 is 0 Å². The standard InChI is InChI=1S/C63H121NO5/c1-3-5-7-9-11-13-15-17-19-20-25-28-31-35-39-43-47-51-55-61(66)60(59-65)64-62(67)56-52-48-44-40-36-32-29-26-23-21-22-24-27-30-34-38-42-46-50-54-58-69-63(68)57-53-49-45-41-37-33-18-16-14-12-10-8-6-4-2/h21,23,51,55,60-61,65-66H,3-20,22,24-50,52-54,56-59H2,1-2H3,(H,64,67)/b23-21-,55-51+. The molecule has 0 heterocycles. The zero-order valence-electron chi connectivity index (χ0n) is 46.6. The summed E-state index contributed by atoms with van der Waals surface area (Å²) in [6.45, 7) is 4.92. The number of unbranched alkanes of at least 4 members (excludes halogenated alkanes) is 45. The summed E-state index contributed by atoms with van der Waals surface area (Å²) in [5, 5.41) is 23.2. The van der Waals surface area contributed by atoms with E-state index in [-0.39, 0.29) is 18.5 Å². The molecule has 0 saturated heterocycles.